The lowest BCUT2D eigenvalue weighted by Crippen LogP contribution is -2.39. The van der Waals surface area contributed by atoms with E-state index in [0.29, 0.717) is 17.3 Å². The molecule has 1 aliphatic heterocycles. The van der Waals surface area contributed by atoms with Crippen molar-refractivity contribution < 1.29 is 9.21 Å². The molecule has 25 heavy (non-hydrogen) atoms. The zero-order valence-electron chi connectivity index (χ0n) is 14.0. The van der Waals surface area contributed by atoms with Crippen LogP contribution in [0, 0.1) is 6.92 Å². The summed E-state index contributed by atoms with van der Waals surface area (Å²) in [6.07, 6.45) is 2.86. The van der Waals surface area contributed by atoms with E-state index < -0.39 is 0 Å². The zero-order chi connectivity index (χ0) is 17.4. The molecule has 1 unspecified atom stereocenters. The lowest BCUT2D eigenvalue weighted by atomic mass is 9.99. The molecule has 3 heterocycles. The highest BCUT2D eigenvalue weighted by molar-refractivity contribution is 6.04. The third-order valence-corrected chi connectivity index (χ3v) is 4.75. The smallest absolute Gasteiger partial charge is 0.275 e. The predicted molar refractivity (Wildman–Crippen MR) is 93.4 cm³/mol. The van der Waals surface area contributed by atoms with Gasteiger partial charge in [-0.25, -0.2) is 5.10 Å². The Balaban J connectivity index is 1.77. The largest absolute Gasteiger partial charge is 0.464 e. The summed E-state index contributed by atoms with van der Waals surface area (Å²) >= 11 is 0. The van der Waals surface area contributed by atoms with Gasteiger partial charge in [0.05, 0.1) is 11.4 Å². The fraction of sp³-hybridized carbons (Fsp3) is 0.316. The topological polar surface area (TPSA) is 79.2 Å². The SMILES string of the molecule is Cc1ccc(C2CCCCN2C(=O)c2n[nH]c(=O)c3ccccc23)o1. The number of H-pyrrole nitrogens is 1. The van der Waals surface area contributed by atoms with Crippen LogP contribution in [0.2, 0.25) is 0 Å². The molecule has 0 saturated carbocycles. The van der Waals surface area contributed by atoms with Crippen LogP contribution in [0.15, 0.2) is 45.6 Å². The minimum Gasteiger partial charge on any atom is -0.464 e. The van der Waals surface area contributed by atoms with Crippen LogP contribution in [-0.2, 0) is 0 Å². The first-order chi connectivity index (χ1) is 12.1. The number of aromatic amines is 1. The maximum absolute atomic E-state index is 13.2. The van der Waals surface area contributed by atoms with Gasteiger partial charge in [-0.1, -0.05) is 18.2 Å². The van der Waals surface area contributed by atoms with Gasteiger partial charge in [0, 0.05) is 11.9 Å². The summed E-state index contributed by atoms with van der Waals surface area (Å²) in [6.45, 7) is 2.55. The molecular formula is C19H19N3O3. The van der Waals surface area contributed by atoms with Crippen molar-refractivity contribution in [2.24, 2.45) is 0 Å². The number of nitrogens with one attached hydrogen (secondary N) is 1. The number of hydrogen-bond acceptors (Lipinski definition) is 4. The van der Waals surface area contributed by atoms with Crippen molar-refractivity contribution in [3.63, 3.8) is 0 Å². The first-order valence-electron chi connectivity index (χ1n) is 8.50. The number of furan rings is 1. The number of likely N-dealkylation sites (tertiary alicyclic amines) is 1. The van der Waals surface area contributed by atoms with Gasteiger partial charge in [0.1, 0.15) is 11.5 Å². The molecule has 1 amide bonds. The van der Waals surface area contributed by atoms with Crippen molar-refractivity contribution in [2.45, 2.75) is 32.2 Å². The summed E-state index contributed by atoms with van der Waals surface area (Å²) in [5.41, 5.74) is -0.00520. The third kappa shape index (κ3) is 2.73. The Hall–Kier alpha value is -2.89. The van der Waals surface area contributed by atoms with Gasteiger partial charge in [0.25, 0.3) is 11.5 Å². The average Bonchev–Trinajstić information content (AvgIpc) is 3.08. The summed E-state index contributed by atoms with van der Waals surface area (Å²) in [7, 11) is 0. The van der Waals surface area contributed by atoms with E-state index in [9.17, 15) is 9.59 Å². The maximum Gasteiger partial charge on any atom is 0.275 e. The third-order valence-electron chi connectivity index (χ3n) is 4.75. The number of nitrogens with zero attached hydrogens (tertiary/aromatic N) is 2. The van der Waals surface area contributed by atoms with Crippen LogP contribution in [-0.4, -0.2) is 27.5 Å². The first kappa shape index (κ1) is 15.6. The van der Waals surface area contributed by atoms with Crippen LogP contribution in [0.5, 0.6) is 0 Å². The Morgan fingerprint density at radius 2 is 2.00 bits per heavy atom. The number of aryl methyl sites for hydroxylation is 1. The molecule has 1 aliphatic rings. The van der Waals surface area contributed by atoms with Crippen molar-refractivity contribution in [2.75, 3.05) is 6.54 Å². The van der Waals surface area contributed by atoms with E-state index in [1.54, 1.807) is 18.2 Å². The number of aromatic nitrogens is 2. The van der Waals surface area contributed by atoms with Crippen molar-refractivity contribution in [1.29, 1.82) is 0 Å². The second-order valence-corrected chi connectivity index (χ2v) is 6.41. The number of rotatable bonds is 2. The van der Waals surface area contributed by atoms with E-state index in [0.717, 1.165) is 30.8 Å². The molecular weight excluding hydrogens is 318 g/mol. The zero-order valence-corrected chi connectivity index (χ0v) is 14.0. The number of fused-ring (bicyclic) bond motifs is 1. The number of hydrogen-bond donors (Lipinski definition) is 1. The van der Waals surface area contributed by atoms with Gasteiger partial charge in [-0.05, 0) is 44.4 Å². The summed E-state index contributed by atoms with van der Waals surface area (Å²) in [5, 5.41) is 7.56. The molecule has 0 radical (unpaired) electrons. The minimum absolute atomic E-state index is 0.0950. The van der Waals surface area contributed by atoms with E-state index in [1.807, 2.05) is 30.0 Å². The van der Waals surface area contributed by atoms with Crippen LogP contribution < -0.4 is 5.56 Å². The van der Waals surface area contributed by atoms with Crippen molar-refractivity contribution in [3.8, 4) is 0 Å². The fourth-order valence-electron chi connectivity index (χ4n) is 3.52. The normalized spacial score (nSPS) is 17.8. The highest BCUT2D eigenvalue weighted by Crippen LogP contribution is 2.33. The van der Waals surface area contributed by atoms with Gasteiger partial charge in [0.15, 0.2) is 5.69 Å². The fourth-order valence-corrected chi connectivity index (χ4v) is 3.52. The minimum atomic E-state index is -0.288. The first-order valence-corrected chi connectivity index (χ1v) is 8.50. The standard InChI is InChI=1S/C19H19N3O3/c1-12-9-10-16(25-12)15-8-4-5-11-22(15)19(24)17-13-6-2-3-7-14(13)18(23)21-20-17/h2-3,6-7,9-10,15H,4-5,8,11H2,1H3,(H,21,23). The van der Waals surface area contributed by atoms with Gasteiger partial charge in [0.2, 0.25) is 0 Å². The summed E-state index contributed by atoms with van der Waals surface area (Å²) in [6, 6.07) is 10.8. The molecule has 1 N–H and O–H groups in total. The second-order valence-electron chi connectivity index (χ2n) is 6.41. The Labute approximate surface area is 144 Å². The number of carbonyl (C=O) groups is 1. The van der Waals surface area contributed by atoms with Gasteiger partial charge in [-0.3, -0.25) is 9.59 Å². The number of benzene rings is 1. The molecule has 128 valence electrons. The average molecular weight is 337 g/mol. The van der Waals surface area contributed by atoms with Crippen molar-refractivity contribution >= 4 is 16.7 Å². The highest BCUT2D eigenvalue weighted by Gasteiger charge is 2.32. The van der Waals surface area contributed by atoms with E-state index in [1.165, 1.54) is 0 Å². The maximum atomic E-state index is 13.2. The molecule has 0 bridgehead atoms. The molecule has 1 aromatic carbocycles. The Morgan fingerprint density at radius 3 is 2.76 bits per heavy atom. The van der Waals surface area contributed by atoms with E-state index >= 15 is 0 Å². The predicted octanol–water partition coefficient (Wildman–Crippen LogP) is 3.19. The van der Waals surface area contributed by atoms with E-state index in [4.69, 9.17) is 4.42 Å². The lowest BCUT2D eigenvalue weighted by molar-refractivity contribution is 0.0574. The molecule has 3 aromatic rings. The van der Waals surface area contributed by atoms with Gasteiger partial charge < -0.3 is 9.32 Å². The molecule has 4 rings (SSSR count). The molecule has 6 heteroatoms. The number of piperidine rings is 1. The summed E-state index contributed by atoms with van der Waals surface area (Å²) in [4.78, 5) is 27.0. The van der Waals surface area contributed by atoms with Crippen molar-refractivity contribution in [1.82, 2.24) is 15.1 Å². The number of amides is 1. The molecule has 1 fully saturated rings. The molecule has 6 nitrogen and oxygen atoms in total. The molecule has 2 aromatic heterocycles. The summed E-state index contributed by atoms with van der Waals surface area (Å²) < 4.78 is 5.77. The van der Waals surface area contributed by atoms with Crippen molar-refractivity contribution in [3.05, 3.63) is 64.0 Å². The Bertz CT molecular complexity index is 989. The van der Waals surface area contributed by atoms with Gasteiger partial charge >= 0.3 is 0 Å². The summed E-state index contributed by atoms with van der Waals surface area (Å²) in [5.74, 6) is 1.46. The van der Waals surface area contributed by atoms with Crippen LogP contribution in [0.25, 0.3) is 10.8 Å². The van der Waals surface area contributed by atoms with Crippen LogP contribution in [0.1, 0.15) is 47.3 Å². The Kier molecular flexibility index (Phi) is 3.87. The van der Waals surface area contributed by atoms with Crippen LogP contribution >= 0.6 is 0 Å². The molecule has 0 spiro atoms. The monoisotopic (exact) mass is 337 g/mol. The molecule has 1 atom stereocenters. The van der Waals surface area contributed by atoms with Gasteiger partial charge in [-0.2, -0.15) is 5.10 Å². The Morgan fingerprint density at radius 1 is 1.20 bits per heavy atom. The second kappa shape index (κ2) is 6.20. The van der Waals surface area contributed by atoms with Crippen LogP contribution in [0.4, 0.5) is 0 Å². The molecule has 0 aliphatic carbocycles. The van der Waals surface area contributed by atoms with E-state index in [2.05, 4.69) is 10.2 Å². The number of carbonyl (C=O) groups excluding carboxylic acids is 1. The molecule has 1 saturated heterocycles. The van der Waals surface area contributed by atoms with Crippen LogP contribution in [0.3, 0.4) is 0 Å². The lowest BCUT2D eigenvalue weighted by Gasteiger charge is -2.34. The quantitative estimate of drug-likeness (QED) is 0.779. The van der Waals surface area contributed by atoms with E-state index in [-0.39, 0.29) is 23.2 Å². The highest BCUT2D eigenvalue weighted by atomic mass is 16.3. The van der Waals surface area contributed by atoms with Gasteiger partial charge in [-0.15, -0.1) is 0 Å².